The number of aromatic nitrogens is 3. The third-order valence-corrected chi connectivity index (χ3v) is 6.52. The summed E-state index contributed by atoms with van der Waals surface area (Å²) in [5, 5.41) is 8.98. The molecule has 2 atom stereocenters. The first-order chi connectivity index (χ1) is 13.2. The van der Waals surface area contributed by atoms with Crippen LogP contribution >= 0.6 is 8.58 Å². The highest BCUT2D eigenvalue weighted by Gasteiger charge is 2.29. The number of rotatable bonds is 2. The maximum atomic E-state index is 12.8. The summed E-state index contributed by atoms with van der Waals surface area (Å²) in [5.41, 5.74) is 5.18. The number of nitrogens with one attached hydrogen (secondary N) is 1. The number of aryl methyl sites for hydroxylation is 1. The number of nitrogens with zero attached hydrogens (tertiary/aromatic N) is 4. The third-order valence-electron chi connectivity index (χ3n) is 5.05. The average Bonchev–Trinajstić information content (AvgIpc) is 3.11. The highest BCUT2D eigenvalue weighted by Crippen LogP contribution is 2.44. The topological polar surface area (TPSA) is 62.5 Å². The van der Waals surface area contributed by atoms with E-state index in [9.17, 15) is 4.79 Å². The summed E-state index contributed by atoms with van der Waals surface area (Å²) in [5.74, 6) is 0.102. The summed E-state index contributed by atoms with van der Waals surface area (Å²) < 4.78 is 1.83. The number of fused-ring (bicyclic) bond motifs is 2. The van der Waals surface area contributed by atoms with Gasteiger partial charge in [0.2, 0.25) is 0 Å². The number of carbonyl (C=O) groups excluding carboxylic acids is 1. The van der Waals surface area contributed by atoms with Crippen LogP contribution in [0.1, 0.15) is 17.8 Å². The molecule has 27 heavy (non-hydrogen) atoms. The van der Waals surface area contributed by atoms with Crippen LogP contribution in [0.15, 0.2) is 60.1 Å². The zero-order valence-corrected chi connectivity index (χ0v) is 16.0. The molecule has 2 aromatic rings. The van der Waals surface area contributed by atoms with Crippen LogP contribution in [-0.2, 0) is 4.79 Å². The maximum Gasteiger partial charge on any atom is 0.252 e. The normalized spacial score (nSPS) is 23.3. The highest BCUT2D eigenvalue weighted by atomic mass is 31.1. The van der Waals surface area contributed by atoms with Crippen LogP contribution in [0, 0.1) is 6.92 Å². The molecule has 1 N–H and O–H groups in total. The highest BCUT2D eigenvalue weighted by molar-refractivity contribution is 7.51. The van der Waals surface area contributed by atoms with E-state index < -0.39 is 0 Å². The van der Waals surface area contributed by atoms with Gasteiger partial charge in [0.25, 0.3) is 5.91 Å². The standard InChI is InChI=1S/C20H20N5OP/c1-13-11-25-16(10-22-13)8-17(23-25)18-9-19(26)24-12-15(2-3-20(24)27-18)14-4-6-21-7-5-14/h2-4,8-12,20-21,27H,5-7H2,1H3. The Kier molecular flexibility index (Phi) is 4.03. The van der Waals surface area contributed by atoms with Gasteiger partial charge >= 0.3 is 0 Å². The summed E-state index contributed by atoms with van der Waals surface area (Å²) in [6.45, 7) is 3.83. The molecular formula is C20H20N5OP. The molecule has 0 aromatic carbocycles. The Morgan fingerprint density at radius 1 is 1.37 bits per heavy atom. The second-order valence-electron chi connectivity index (χ2n) is 6.95. The molecule has 3 aliphatic heterocycles. The van der Waals surface area contributed by atoms with E-state index in [4.69, 9.17) is 0 Å². The van der Waals surface area contributed by atoms with Gasteiger partial charge in [-0.1, -0.05) is 26.8 Å². The fourth-order valence-corrected chi connectivity index (χ4v) is 4.95. The summed E-state index contributed by atoms with van der Waals surface area (Å²) in [4.78, 5) is 19.0. The van der Waals surface area contributed by atoms with Gasteiger partial charge in [0.15, 0.2) is 0 Å². The molecule has 0 spiro atoms. The van der Waals surface area contributed by atoms with Gasteiger partial charge in [-0.25, -0.2) is 4.52 Å². The lowest BCUT2D eigenvalue weighted by Crippen LogP contribution is -2.35. The molecule has 0 aliphatic carbocycles. The van der Waals surface area contributed by atoms with Crippen molar-refractivity contribution in [2.45, 2.75) is 19.1 Å². The molecule has 2 unspecified atom stereocenters. The zero-order chi connectivity index (χ0) is 18.4. The first-order valence-electron chi connectivity index (χ1n) is 9.10. The van der Waals surface area contributed by atoms with Gasteiger partial charge in [0, 0.05) is 24.1 Å². The molecule has 3 aliphatic rings. The second-order valence-corrected chi connectivity index (χ2v) is 8.37. The van der Waals surface area contributed by atoms with Gasteiger partial charge in [0.05, 0.1) is 35.1 Å². The minimum absolute atomic E-state index is 0.0245. The van der Waals surface area contributed by atoms with Crippen molar-refractivity contribution in [3.63, 3.8) is 0 Å². The Bertz CT molecular complexity index is 1060. The molecule has 7 heteroatoms. The van der Waals surface area contributed by atoms with Crippen molar-refractivity contribution < 1.29 is 4.79 Å². The van der Waals surface area contributed by atoms with Crippen LogP contribution in [0.4, 0.5) is 0 Å². The molecule has 5 rings (SSSR count). The lowest BCUT2D eigenvalue weighted by Gasteiger charge is -2.34. The molecule has 6 nitrogen and oxygen atoms in total. The molecule has 5 heterocycles. The van der Waals surface area contributed by atoms with E-state index in [1.165, 1.54) is 5.57 Å². The molecule has 0 bridgehead atoms. The van der Waals surface area contributed by atoms with Gasteiger partial charge < -0.3 is 10.2 Å². The Balaban J connectivity index is 1.45. The Labute approximate surface area is 159 Å². The van der Waals surface area contributed by atoms with Crippen molar-refractivity contribution in [3.8, 4) is 0 Å². The molecule has 0 saturated heterocycles. The van der Waals surface area contributed by atoms with Crippen molar-refractivity contribution in [3.05, 3.63) is 71.5 Å². The van der Waals surface area contributed by atoms with Crippen molar-refractivity contribution in [1.82, 2.24) is 24.8 Å². The lowest BCUT2D eigenvalue weighted by atomic mass is 9.99. The fourth-order valence-electron chi connectivity index (χ4n) is 3.62. The predicted molar refractivity (Wildman–Crippen MR) is 107 cm³/mol. The van der Waals surface area contributed by atoms with E-state index in [1.54, 1.807) is 6.08 Å². The number of hydrogen-bond acceptors (Lipinski definition) is 4. The Hall–Kier alpha value is -2.56. The van der Waals surface area contributed by atoms with Crippen molar-refractivity contribution in [2.24, 2.45) is 0 Å². The second kappa shape index (κ2) is 6.55. The maximum absolute atomic E-state index is 12.8. The lowest BCUT2D eigenvalue weighted by molar-refractivity contribution is -0.123. The first kappa shape index (κ1) is 16.6. The van der Waals surface area contributed by atoms with Crippen LogP contribution in [0.5, 0.6) is 0 Å². The zero-order valence-electron chi connectivity index (χ0n) is 15.0. The SMILES string of the molecule is Cc1cn2nc(C3=CC(=O)N4C=C(C5=CCNCC5)C=CC4P3)cc2cn1. The van der Waals surface area contributed by atoms with E-state index in [0.717, 1.165) is 47.3 Å². The van der Waals surface area contributed by atoms with E-state index in [-0.39, 0.29) is 11.7 Å². The summed E-state index contributed by atoms with van der Waals surface area (Å²) >= 11 is 0. The molecule has 0 fully saturated rings. The fraction of sp³-hybridized carbons (Fsp3) is 0.250. The van der Waals surface area contributed by atoms with Crippen LogP contribution in [0.2, 0.25) is 0 Å². The number of allylic oxidation sites excluding steroid dienone is 2. The molecule has 1 amide bonds. The van der Waals surface area contributed by atoms with Crippen molar-refractivity contribution in [2.75, 3.05) is 13.1 Å². The van der Waals surface area contributed by atoms with E-state index in [1.807, 2.05) is 41.0 Å². The third kappa shape index (κ3) is 3.05. The predicted octanol–water partition coefficient (Wildman–Crippen LogP) is 2.60. The van der Waals surface area contributed by atoms with Crippen molar-refractivity contribution >= 4 is 25.3 Å². The molecule has 2 aromatic heterocycles. The quantitative estimate of drug-likeness (QED) is 0.818. The van der Waals surface area contributed by atoms with Crippen LogP contribution in [0.25, 0.3) is 10.8 Å². The van der Waals surface area contributed by atoms with Crippen molar-refractivity contribution in [1.29, 1.82) is 0 Å². The van der Waals surface area contributed by atoms with Crippen LogP contribution in [-0.4, -0.2) is 44.3 Å². The first-order valence-corrected chi connectivity index (χ1v) is 10.2. The Morgan fingerprint density at radius 3 is 3.15 bits per heavy atom. The van der Waals surface area contributed by atoms with Gasteiger partial charge in [-0.05, 0) is 37.1 Å². The minimum atomic E-state index is 0.0245. The van der Waals surface area contributed by atoms with Crippen LogP contribution < -0.4 is 5.32 Å². The number of carbonyl (C=O) groups is 1. The monoisotopic (exact) mass is 377 g/mol. The summed E-state index contributed by atoms with van der Waals surface area (Å²) in [7, 11) is 0.473. The molecule has 0 saturated carbocycles. The van der Waals surface area contributed by atoms with Gasteiger partial charge in [-0.2, -0.15) is 5.10 Å². The number of amides is 1. The number of hydrogen-bond donors (Lipinski definition) is 1. The minimum Gasteiger partial charge on any atom is -0.313 e. The van der Waals surface area contributed by atoms with Gasteiger partial charge in [-0.15, -0.1) is 0 Å². The summed E-state index contributed by atoms with van der Waals surface area (Å²) in [6, 6.07) is 2.00. The summed E-state index contributed by atoms with van der Waals surface area (Å²) in [6.07, 6.45) is 15.0. The van der Waals surface area contributed by atoms with Crippen LogP contribution in [0.3, 0.4) is 0 Å². The van der Waals surface area contributed by atoms with E-state index in [2.05, 4.69) is 33.6 Å². The van der Waals surface area contributed by atoms with Gasteiger partial charge in [-0.3, -0.25) is 9.78 Å². The molecular weight excluding hydrogens is 357 g/mol. The molecule has 0 radical (unpaired) electrons. The molecule has 136 valence electrons. The van der Waals surface area contributed by atoms with E-state index >= 15 is 0 Å². The largest absolute Gasteiger partial charge is 0.313 e. The average molecular weight is 377 g/mol. The van der Waals surface area contributed by atoms with E-state index in [0.29, 0.717) is 8.58 Å². The smallest absolute Gasteiger partial charge is 0.252 e. The van der Waals surface area contributed by atoms with Gasteiger partial charge in [0.1, 0.15) is 0 Å². The Morgan fingerprint density at radius 2 is 2.30 bits per heavy atom.